The molecule has 4 heteroatoms. The number of methoxy groups -OCH3 is 1. The number of aryl methyl sites for hydroxylation is 1. The highest BCUT2D eigenvalue weighted by Gasteiger charge is 2.30. The number of carbonyl (C=O) groups excluding carboxylic acids is 1. The summed E-state index contributed by atoms with van der Waals surface area (Å²) in [5, 5.41) is 9.87. The molecule has 1 unspecified atom stereocenters. The van der Waals surface area contributed by atoms with Gasteiger partial charge in [-0.3, -0.25) is 4.79 Å². The molecule has 1 aliphatic rings. The van der Waals surface area contributed by atoms with E-state index in [1.165, 1.54) is 11.8 Å². The van der Waals surface area contributed by atoms with Crippen LogP contribution in [0.3, 0.4) is 0 Å². The van der Waals surface area contributed by atoms with Gasteiger partial charge in [-0.05, 0) is 18.4 Å². The molecule has 100 valence electrons. The zero-order chi connectivity index (χ0) is 13.8. The Morgan fingerprint density at radius 3 is 2.89 bits per heavy atom. The summed E-state index contributed by atoms with van der Waals surface area (Å²) in [7, 11) is 1.55. The van der Waals surface area contributed by atoms with E-state index in [0.717, 1.165) is 30.3 Å². The van der Waals surface area contributed by atoms with E-state index in [1.54, 1.807) is 7.11 Å². The van der Waals surface area contributed by atoms with Gasteiger partial charge in [0, 0.05) is 10.5 Å². The number of hydrogen-bond acceptors (Lipinski definition) is 4. The first-order valence-corrected chi connectivity index (χ1v) is 6.91. The minimum absolute atomic E-state index is 0.0669. The number of thioether (sulfide) groups is 1. The lowest BCUT2D eigenvalue weighted by atomic mass is 10.0. The second-order valence-corrected chi connectivity index (χ2v) is 5.60. The standard InChI is InChI=1S/C15H16O3S/c1-10-14(17)15(18-2)13(19-10)8-7-11-5-3-4-6-12(11)9-16/h3-6,9,13,17H,1,7-8H2,2H3. The molecule has 1 aromatic carbocycles. The quantitative estimate of drug-likeness (QED) is 0.836. The van der Waals surface area contributed by atoms with Crippen molar-refractivity contribution in [2.45, 2.75) is 18.1 Å². The van der Waals surface area contributed by atoms with E-state index in [9.17, 15) is 9.90 Å². The lowest BCUT2D eigenvalue weighted by Gasteiger charge is -2.12. The maximum Gasteiger partial charge on any atom is 0.167 e. The fourth-order valence-electron chi connectivity index (χ4n) is 2.15. The van der Waals surface area contributed by atoms with Gasteiger partial charge in [-0.2, -0.15) is 0 Å². The average molecular weight is 276 g/mol. The van der Waals surface area contributed by atoms with Crippen molar-refractivity contribution in [3.63, 3.8) is 0 Å². The summed E-state index contributed by atoms with van der Waals surface area (Å²) in [6.07, 6.45) is 2.43. The highest BCUT2D eigenvalue weighted by molar-refractivity contribution is 8.04. The van der Waals surface area contributed by atoms with Crippen LogP contribution in [0.25, 0.3) is 0 Å². The molecule has 19 heavy (non-hydrogen) atoms. The average Bonchev–Trinajstić information content (AvgIpc) is 2.71. The van der Waals surface area contributed by atoms with Crippen LogP contribution in [0.5, 0.6) is 0 Å². The zero-order valence-corrected chi connectivity index (χ0v) is 11.6. The van der Waals surface area contributed by atoms with Gasteiger partial charge >= 0.3 is 0 Å². The Balaban J connectivity index is 2.08. The number of aliphatic hydroxyl groups excluding tert-OH is 1. The van der Waals surface area contributed by atoms with Gasteiger partial charge in [-0.25, -0.2) is 0 Å². The lowest BCUT2D eigenvalue weighted by Crippen LogP contribution is -2.08. The van der Waals surface area contributed by atoms with Crippen molar-refractivity contribution in [2.75, 3.05) is 7.11 Å². The van der Waals surface area contributed by atoms with Crippen molar-refractivity contribution in [3.8, 4) is 0 Å². The largest absolute Gasteiger partial charge is 0.504 e. The second-order valence-electron chi connectivity index (χ2n) is 4.30. The first-order valence-electron chi connectivity index (χ1n) is 6.03. The maximum absolute atomic E-state index is 11.0. The van der Waals surface area contributed by atoms with E-state index in [1.807, 2.05) is 24.3 Å². The second kappa shape index (κ2) is 5.97. The Labute approximate surface area is 117 Å². The maximum atomic E-state index is 11.0. The molecule has 1 aromatic rings. The van der Waals surface area contributed by atoms with Crippen LogP contribution < -0.4 is 0 Å². The van der Waals surface area contributed by atoms with Gasteiger partial charge in [0.1, 0.15) is 6.29 Å². The van der Waals surface area contributed by atoms with E-state index < -0.39 is 0 Å². The molecular formula is C15H16O3S. The number of carbonyl (C=O) groups is 1. The van der Waals surface area contributed by atoms with Crippen LogP contribution in [-0.2, 0) is 11.2 Å². The number of rotatable bonds is 5. The minimum Gasteiger partial charge on any atom is -0.504 e. The third kappa shape index (κ3) is 2.84. The van der Waals surface area contributed by atoms with E-state index in [2.05, 4.69) is 6.58 Å². The molecule has 0 amide bonds. The number of benzene rings is 1. The van der Waals surface area contributed by atoms with Crippen LogP contribution in [0.15, 0.2) is 47.3 Å². The predicted octanol–water partition coefficient (Wildman–Crippen LogP) is 3.48. The fourth-order valence-corrected chi connectivity index (χ4v) is 3.26. The van der Waals surface area contributed by atoms with Crippen LogP contribution >= 0.6 is 11.8 Å². The number of ether oxygens (including phenoxy) is 1. The first kappa shape index (κ1) is 13.7. The van der Waals surface area contributed by atoms with Crippen molar-refractivity contribution in [1.29, 1.82) is 0 Å². The third-order valence-corrected chi connectivity index (χ3v) is 4.36. The first-order chi connectivity index (χ1) is 9.17. The Hall–Kier alpha value is -1.68. The van der Waals surface area contributed by atoms with E-state index >= 15 is 0 Å². The lowest BCUT2D eigenvalue weighted by molar-refractivity contribution is 0.112. The molecule has 0 spiro atoms. The van der Waals surface area contributed by atoms with Gasteiger partial charge in [-0.1, -0.05) is 30.8 Å². The van der Waals surface area contributed by atoms with E-state index in [-0.39, 0.29) is 11.0 Å². The van der Waals surface area contributed by atoms with E-state index in [4.69, 9.17) is 4.74 Å². The molecule has 0 saturated heterocycles. The Morgan fingerprint density at radius 2 is 2.21 bits per heavy atom. The highest BCUT2D eigenvalue weighted by atomic mass is 32.2. The monoisotopic (exact) mass is 276 g/mol. The summed E-state index contributed by atoms with van der Waals surface area (Å²) >= 11 is 1.51. The van der Waals surface area contributed by atoms with Gasteiger partial charge in [0.15, 0.2) is 11.5 Å². The molecule has 1 N–H and O–H groups in total. The summed E-state index contributed by atoms with van der Waals surface area (Å²) in [6, 6.07) is 7.54. The molecule has 0 bridgehead atoms. The topological polar surface area (TPSA) is 46.5 Å². The summed E-state index contributed by atoms with van der Waals surface area (Å²) in [4.78, 5) is 11.6. The van der Waals surface area contributed by atoms with Crippen molar-refractivity contribution in [3.05, 3.63) is 58.4 Å². The Kier molecular flexibility index (Phi) is 4.32. The molecule has 0 aliphatic carbocycles. The van der Waals surface area contributed by atoms with Gasteiger partial charge in [0.05, 0.1) is 12.4 Å². The molecule has 0 saturated carbocycles. The van der Waals surface area contributed by atoms with Gasteiger partial charge in [0.2, 0.25) is 0 Å². The molecular weight excluding hydrogens is 260 g/mol. The van der Waals surface area contributed by atoms with Crippen LogP contribution in [0, 0.1) is 0 Å². The molecule has 2 rings (SSSR count). The summed E-state index contributed by atoms with van der Waals surface area (Å²) in [5.74, 6) is 0.736. The molecule has 0 fully saturated rings. The molecule has 1 heterocycles. The number of hydrogen-bond donors (Lipinski definition) is 1. The zero-order valence-electron chi connectivity index (χ0n) is 10.8. The molecule has 1 atom stereocenters. The van der Waals surface area contributed by atoms with Crippen LogP contribution in [0.4, 0.5) is 0 Å². The van der Waals surface area contributed by atoms with Gasteiger partial charge in [0.25, 0.3) is 0 Å². The normalized spacial score (nSPS) is 18.8. The SMILES string of the molecule is C=C1SC(CCc2ccccc2C=O)C(OC)=C1O. The predicted molar refractivity (Wildman–Crippen MR) is 77.3 cm³/mol. The minimum atomic E-state index is 0.0669. The molecule has 0 radical (unpaired) electrons. The number of aliphatic hydroxyl groups is 1. The number of aldehydes is 1. The fraction of sp³-hybridized carbons (Fsp3) is 0.267. The van der Waals surface area contributed by atoms with Gasteiger partial charge in [-0.15, -0.1) is 11.8 Å². The molecule has 0 aromatic heterocycles. The van der Waals surface area contributed by atoms with Crippen LogP contribution in [0.1, 0.15) is 22.3 Å². The summed E-state index contributed by atoms with van der Waals surface area (Å²) in [5.41, 5.74) is 1.74. The van der Waals surface area contributed by atoms with Crippen molar-refractivity contribution in [1.82, 2.24) is 0 Å². The van der Waals surface area contributed by atoms with Crippen LogP contribution in [-0.4, -0.2) is 23.8 Å². The van der Waals surface area contributed by atoms with E-state index in [0.29, 0.717) is 10.7 Å². The third-order valence-electron chi connectivity index (χ3n) is 3.15. The van der Waals surface area contributed by atoms with Crippen molar-refractivity contribution < 1.29 is 14.6 Å². The van der Waals surface area contributed by atoms with Crippen molar-refractivity contribution in [2.24, 2.45) is 0 Å². The van der Waals surface area contributed by atoms with Crippen molar-refractivity contribution >= 4 is 18.0 Å². The Morgan fingerprint density at radius 1 is 1.47 bits per heavy atom. The van der Waals surface area contributed by atoms with Gasteiger partial charge < -0.3 is 9.84 Å². The summed E-state index contributed by atoms with van der Waals surface area (Å²) < 4.78 is 5.23. The molecule has 1 aliphatic heterocycles. The smallest absolute Gasteiger partial charge is 0.167 e. The van der Waals surface area contributed by atoms with Crippen LogP contribution in [0.2, 0.25) is 0 Å². The molecule has 3 nitrogen and oxygen atoms in total. The Bertz CT molecular complexity index is 534. The summed E-state index contributed by atoms with van der Waals surface area (Å²) in [6.45, 7) is 3.79. The highest BCUT2D eigenvalue weighted by Crippen LogP contribution is 2.42.